The molecule has 3 N–H and O–H groups in total. The summed E-state index contributed by atoms with van der Waals surface area (Å²) in [5.74, 6) is 0.406. The van der Waals surface area contributed by atoms with Crippen LogP contribution in [-0.4, -0.2) is 96.3 Å². The topological polar surface area (TPSA) is 121 Å². The molecule has 0 aromatic heterocycles. The second-order valence-electron chi connectivity index (χ2n) is 13.1. The van der Waals surface area contributed by atoms with E-state index in [1.807, 2.05) is 6.07 Å². The van der Waals surface area contributed by atoms with Gasteiger partial charge in [-0.15, -0.1) is 0 Å². The van der Waals surface area contributed by atoms with E-state index in [1.54, 1.807) is 45.0 Å². The molecule has 42 heavy (non-hydrogen) atoms. The quantitative estimate of drug-likeness (QED) is 0.322. The second kappa shape index (κ2) is 14.9. The van der Waals surface area contributed by atoms with E-state index in [-0.39, 0.29) is 0 Å². The van der Waals surface area contributed by atoms with Crippen LogP contribution >= 0.6 is 11.6 Å². The number of benzene rings is 2. The molecule has 238 valence electrons. The van der Waals surface area contributed by atoms with Crippen molar-refractivity contribution in [2.45, 2.75) is 69.7 Å². The molecule has 2 aliphatic rings. The molecule has 0 bridgehead atoms. The molecule has 4 rings (SSSR count). The summed E-state index contributed by atoms with van der Waals surface area (Å²) in [5.41, 5.74) is -1.39. The van der Waals surface area contributed by atoms with Crippen molar-refractivity contribution in [2.24, 2.45) is 5.92 Å². The van der Waals surface area contributed by atoms with Crippen LogP contribution in [0.2, 0.25) is 5.02 Å². The average Bonchev–Trinajstić information content (AvgIpc) is 2.90. The number of rotatable bonds is 6. The number of likely N-dealkylation sites (N-methyl/N-ethyl adjacent to an activating group) is 1. The van der Waals surface area contributed by atoms with E-state index in [4.69, 9.17) is 24.6 Å². The monoisotopic (exact) mass is 626 g/mol. The lowest BCUT2D eigenvalue weighted by Gasteiger charge is -2.45. The third kappa shape index (κ3) is 11.5. The summed E-state index contributed by atoms with van der Waals surface area (Å²) in [7, 11) is 0.698. The van der Waals surface area contributed by atoms with Gasteiger partial charge in [-0.2, -0.15) is 0 Å². The van der Waals surface area contributed by atoms with Gasteiger partial charge in [-0.25, -0.2) is 8.42 Å². The summed E-state index contributed by atoms with van der Waals surface area (Å²) < 4.78 is 28.3. The van der Waals surface area contributed by atoms with Crippen LogP contribution < -0.4 is 0 Å². The minimum atomic E-state index is -3.92. The highest BCUT2D eigenvalue weighted by molar-refractivity contribution is 7.84. The van der Waals surface area contributed by atoms with Crippen molar-refractivity contribution in [1.82, 2.24) is 4.90 Å². The molecule has 0 amide bonds. The van der Waals surface area contributed by atoms with Crippen LogP contribution in [0.15, 0.2) is 54.6 Å². The van der Waals surface area contributed by atoms with Gasteiger partial charge in [0.05, 0.1) is 42.9 Å². The fourth-order valence-corrected chi connectivity index (χ4v) is 5.56. The Bertz CT molecular complexity index is 1180. The van der Waals surface area contributed by atoms with Crippen LogP contribution in [0.1, 0.15) is 64.0 Å². The van der Waals surface area contributed by atoms with Gasteiger partial charge in [-0.05, 0) is 62.8 Å². The number of hydrogen-bond donors (Lipinski definition) is 3. The third-order valence-electron chi connectivity index (χ3n) is 8.66. The van der Waals surface area contributed by atoms with Gasteiger partial charge >= 0.3 is 0 Å². The zero-order chi connectivity index (χ0) is 31.8. The molecule has 2 aromatic carbocycles. The van der Waals surface area contributed by atoms with Gasteiger partial charge in [0.1, 0.15) is 11.2 Å². The van der Waals surface area contributed by atoms with Gasteiger partial charge in [-0.3, -0.25) is 4.90 Å². The van der Waals surface area contributed by atoms with Crippen LogP contribution in [-0.2, 0) is 21.3 Å². The summed E-state index contributed by atoms with van der Waals surface area (Å²) in [4.78, 5) is 2.49. The van der Waals surface area contributed by atoms with Crippen molar-refractivity contribution < 1.29 is 32.8 Å². The molecular formula is C32H51ClN2O6S. The summed E-state index contributed by atoms with van der Waals surface area (Å²) in [6.45, 7) is 10.1. The molecule has 1 heterocycles. The van der Waals surface area contributed by atoms with E-state index in [1.165, 1.54) is 45.2 Å². The summed E-state index contributed by atoms with van der Waals surface area (Å²) in [6, 6.07) is 17.2. The Balaban J connectivity index is 0.000000276. The van der Waals surface area contributed by atoms with Crippen LogP contribution in [0.3, 0.4) is 0 Å². The minimum absolute atomic E-state index is 0.406. The fraction of sp³-hybridized carbons (Fsp3) is 0.625. The molecule has 1 aliphatic heterocycles. The number of piperazine rings is 1. The van der Waals surface area contributed by atoms with Gasteiger partial charge in [0, 0.05) is 30.9 Å². The Morgan fingerprint density at radius 3 is 1.81 bits per heavy atom. The molecule has 2 aromatic rings. The lowest BCUT2D eigenvalue weighted by molar-refractivity contribution is -0.894. The Hall–Kier alpha value is -1.56. The average molecular weight is 627 g/mol. The molecule has 2 fully saturated rings. The van der Waals surface area contributed by atoms with Crippen molar-refractivity contribution in [3.63, 3.8) is 0 Å². The molecule has 0 radical (unpaired) electrons. The predicted molar refractivity (Wildman–Crippen MR) is 168 cm³/mol. The van der Waals surface area contributed by atoms with Gasteiger partial charge in [0.25, 0.3) is 0 Å². The number of hydrogen-bond acceptors (Lipinski definition) is 7. The van der Waals surface area contributed by atoms with E-state index in [0.717, 1.165) is 29.7 Å². The molecule has 2 atom stereocenters. The molecule has 1 saturated carbocycles. The fourth-order valence-electron chi connectivity index (χ4n) is 5.44. The molecule has 1 aliphatic carbocycles. The minimum Gasteiger partial charge on any atom is -0.748 e. The molecule has 1 saturated heterocycles. The third-order valence-corrected chi connectivity index (χ3v) is 8.91. The first-order valence-corrected chi connectivity index (χ1v) is 16.9. The Labute approximate surface area is 258 Å². The maximum Gasteiger partial charge on any atom is 0.115 e. The van der Waals surface area contributed by atoms with Gasteiger partial charge < -0.3 is 24.4 Å². The maximum absolute atomic E-state index is 11.7. The van der Waals surface area contributed by atoms with Crippen molar-refractivity contribution >= 4 is 21.7 Å². The molecule has 0 spiro atoms. The highest BCUT2D eigenvalue weighted by atomic mass is 35.5. The first-order valence-electron chi connectivity index (χ1n) is 14.7. The van der Waals surface area contributed by atoms with Crippen LogP contribution in [0.25, 0.3) is 0 Å². The van der Waals surface area contributed by atoms with E-state index < -0.39 is 26.9 Å². The van der Waals surface area contributed by atoms with Crippen molar-refractivity contribution in [3.05, 3.63) is 70.7 Å². The van der Waals surface area contributed by atoms with Crippen molar-refractivity contribution in [2.75, 3.05) is 53.1 Å². The highest BCUT2D eigenvalue weighted by Gasteiger charge is 2.41. The smallest absolute Gasteiger partial charge is 0.115 e. The summed E-state index contributed by atoms with van der Waals surface area (Å²) in [5, 5.41) is 32.3. The SMILES string of the molecule is CC(C)(O)C(C)(O)c1ccc(Cl)cc1.CS(=O)(=O)[O-].C[N+]1(C)CCN(CC(O)(c2ccccc2)C2CCCCC2)CC1. The van der Waals surface area contributed by atoms with Gasteiger partial charge in [0.15, 0.2) is 0 Å². The zero-order valence-corrected chi connectivity index (χ0v) is 27.7. The number of aliphatic hydroxyl groups is 3. The van der Waals surface area contributed by atoms with Gasteiger partial charge in [-0.1, -0.05) is 73.3 Å². The van der Waals surface area contributed by atoms with Crippen LogP contribution in [0.4, 0.5) is 0 Å². The van der Waals surface area contributed by atoms with E-state index in [9.17, 15) is 15.3 Å². The number of β-amino-alcohol motifs (C(OH)–C–C–N with tert-alkyl or cyclic N) is 1. The largest absolute Gasteiger partial charge is 0.748 e. The first-order chi connectivity index (χ1) is 19.2. The Morgan fingerprint density at radius 2 is 1.36 bits per heavy atom. The maximum atomic E-state index is 11.7. The van der Waals surface area contributed by atoms with E-state index >= 15 is 0 Å². The lowest BCUT2D eigenvalue weighted by Crippen LogP contribution is -2.58. The Kier molecular flexibility index (Phi) is 13.0. The van der Waals surface area contributed by atoms with E-state index in [0.29, 0.717) is 22.8 Å². The molecule has 8 nitrogen and oxygen atoms in total. The molecular weight excluding hydrogens is 576 g/mol. The van der Waals surface area contributed by atoms with Gasteiger partial charge in [0.2, 0.25) is 0 Å². The lowest BCUT2D eigenvalue weighted by atomic mass is 9.73. The number of halogens is 1. The normalized spacial score (nSPS) is 21.0. The Morgan fingerprint density at radius 1 is 0.881 bits per heavy atom. The van der Waals surface area contributed by atoms with Crippen molar-refractivity contribution in [1.29, 1.82) is 0 Å². The number of nitrogens with zero attached hydrogens (tertiary/aromatic N) is 2. The standard InChI is InChI=1S/C20H33N2O.C11H15ClO2.CH4O3S/c1-22(2)15-13-21(14-16-22)17-20(23,18-9-5-3-6-10-18)19-11-7-4-8-12-19;1-10(2,13)11(3,14)8-4-6-9(12)7-5-8;1-5(2,3)4/h3,5-6,9-10,19,23H,4,7-8,11-17H2,1-2H3;4-7,13-14H,1-3H3;1H3,(H,2,3,4)/q+1;;/p-1. The summed E-state index contributed by atoms with van der Waals surface area (Å²) >= 11 is 5.73. The summed E-state index contributed by atoms with van der Waals surface area (Å²) in [6.07, 6.45) is 6.80. The molecule has 2 unspecified atom stereocenters. The van der Waals surface area contributed by atoms with E-state index in [2.05, 4.69) is 43.3 Å². The van der Waals surface area contributed by atoms with Crippen LogP contribution in [0, 0.1) is 5.92 Å². The zero-order valence-electron chi connectivity index (χ0n) is 26.1. The number of quaternary nitrogens is 1. The first kappa shape index (κ1) is 36.6. The van der Waals surface area contributed by atoms with Crippen LogP contribution in [0.5, 0.6) is 0 Å². The van der Waals surface area contributed by atoms with Crippen molar-refractivity contribution in [3.8, 4) is 0 Å². The second-order valence-corrected chi connectivity index (χ2v) is 15.0. The predicted octanol–water partition coefficient (Wildman–Crippen LogP) is 4.33. The molecule has 10 heteroatoms. The highest BCUT2D eigenvalue weighted by Crippen LogP contribution is 2.40.